The van der Waals surface area contributed by atoms with Crippen LogP contribution in [0.5, 0.6) is 0 Å². The van der Waals surface area contributed by atoms with Gasteiger partial charge in [0.1, 0.15) is 28.7 Å². The normalized spacial score (nSPS) is 13.8. The zero-order valence-corrected chi connectivity index (χ0v) is 20.0. The molecule has 0 amide bonds. The predicted octanol–water partition coefficient (Wildman–Crippen LogP) is 5.53. The number of carboxylic acid groups (broad SMARTS) is 1. The first-order chi connectivity index (χ1) is 15.4. The Morgan fingerprint density at radius 3 is 2.27 bits per heavy atom. The molecule has 7 nitrogen and oxygen atoms in total. The molecule has 0 radical (unpaired) electrons. The van der Waals surface area contributed by atoms with Crippen LogP contribution in [0.1, 0.15) is 40.4 Å². The fourth-order valence-corrected chi connectivity index (χ4v) is 5.03. The summed E-state index contributed by atoms with van der Waals surface area (Å²) in [7, 11) is -4.05. The maximum atomic E-state index is 12.8. The van der Waals surface area contributed by atoms with Gasteiger partial charge in [0.2, 0.25) is 10.0 Å². The van der Waals surface area contributed by atoms with Crippen LogP contribution >= 0.6 is 0 Å². The van der Waals surface area contributed by atoms with Gasteiger partial charge in [0.15, 0.2) is 0 Å². The summed E-state index contributed by atoms with van der Waals surface area (Å²) >= 11 is 0. The Hall–Kier alpha value is -3.10. The maximum Gasteiger partial charge on any atom is 0.322 e. The zero-order valence-electron chi connectivity index (χ0n) is 19.2. The number of nitrogens with one attached hydrogen (secondary N) is 1. The second kappa shape index (κ2) is 8.04. The molecule has 1 atom stereocenters. The van der Waals surface area contributed by atoms with Crippen LogP contribution in [0.25, 0.3) is 33.3 Å². The fraction of sp³-hybridized carbons (Fsp3) is 0.320. The Balaban J connectivity index is 1.73. The van der Waals surface area contributed by atoms with Gasteiger partial charge in [-0.15, -0.1) is 0 Å². The Morgan fingerprint density at radius 1 is 0.939 bits per heavy atom. The van der Waals surface area contributed by atoms with Crippen LogP contribution in [-0.2, 0) is 20.2 Å². The third kappa shape index (κ3) is 4.41. The Morgan fingerprint density at radius 2 is 1.67 bits per heavy atom. The van der Waals surface area contributed by atoms with E-state index in [9.17, 15) is 18.3 Å². The molecule has 0 bridgehead atoms. The highest BCUT2D eigenvalue weighted by Crippen LogP contribution is 2.35. The number of furan rings is 2. The average molecular weight is 470 g/mol. The summed E-state index contributed by atoms with van der Waals surface area (Å²) in [5.41, 5.74) is 1.80. The van der Waals surface area contributed by atoms with Crippen LogP contribution in [-0.4, -0.2) is 25.5 Å². The number of carboxylic acids is 1. The molecule has 0 unspecified atom stereocenters. The molecule has 0 spiro atoms. The lowest BCUT2D eigenvalue weighted by Crippen LogP contribution is -2.44. The number of aliphatic carboxylic acids is 1. The molecule has 2 aromatic carbocycles. The molecule has 174 valence electrons. The van der Waals surface area contributed by atoms with Gasteiger partial charge in [-0.2, -0.15) is 4.72 Å². The Kier molecular flexibility index (Phi) is 5.62. The van der Waals surface area contributed by atoms with E-state index in [2.05, 4.69) is 25.5 Å². The molecule has 0 fully saturated rings. The lowest BCUT2D eigenvalue weighted by atomic mass is 9.94. The van der Waals surface area contributed by atoms with Gasteiger partial charge in [-0.25, -0.2) is 8.42 Å². The van der Waals surface area contributed by atoms with Gasteiger partial charge in [-0.1, -0.05) is 34.6 Å². The SMILES string of the molecule is CC(C)[C@H](NS(=O)(=O)c1ccc2c(c1)oc1ccc(-c3ccc(C(C)(C)C)o3)cc12)C(=O)O. The Labute approximate surface area is 192 Å². The smallest absolute Gasteiger partial charge is 0.322 e. The fourth-order valence-electron chi connectivity index (χ4n) is 3.68. The summed E-state index contributed by atoms with van der Waals surface area (Å²) in [5, 5.41) is 10.9. The first-order valence-electron chi connectivity index (χ1n) is 10.7. The van der Waals surface area contributed by atoms with Gasteiger partial charge in [-0.3, -0.25) is 4.79 Å². The standard InChI is InChI=1S/C25H27NO6S/c1-14(2)23(24(27)28)26-33(29,30)16-7-8-17-18-12-15(6-9-20(18)31-21(17)13-16)19-10-11-22(32-19)25(3,4)5/h6-14,23,26H,1-5H3,(H,27,28)/t23-/m0/s1. The number of hydrogen-bond donors (Lipinski definition) is 2. The van der Waals surface area contributed by atoms with E-state index in [0.29, 0.717) is 11.2 Å². The van der Waals surface area contributed by atoms with Crippen LogP contribution in [0.3, 0.4) is 0 Å². The number of carbonyl (C=O) groups is 1. The molecular formula is C25H27NO6S. The first-order valence-corrected chi connectivity index (χ1v) is 12.2. The van der Waals surface area contributed by atoms with Crippen LogP contribution in [0.2, 0.25) is 0 Å². The third-order valence-corrected chi connectivity index (χ3v) is 7.04. The van der Waals surface area contributed by atoms with Crippen molar-refractivity contribution in [1.82, 2.24) is 4.72 Å². The van der Waals surface area contributed by atoms with Crippen molar-refractivity contribution in [3.63, 3.8) is 0 Å². The van der Waals surface area contributed by atoms with Crippen LogP contribution in [0, 0.1) is 5.92 Å². The van der Waals surface area contributed by atoms with Gasteiger partial charge in [0, 0.05) is 27.8 Å². The Bertz CT molecular complexity index is 1450. The highest BCUT2D eigenvalue weighted by Gasteiger charge is 2.28. The number of hydrogen-bond acceptors (Lipinski definition) is 5. The molecule has 2 aromatic heterocycles. The van der Waals surface area contributed by atoms with Crippen molar-refractivity contribution in [2.24, 2.45) is 5.92 Å². The number of benzene rings is 2. The largest absolute Gasteiger partial charge is 0.480 e. The maximum absolute atomic E-state index is 12.8. The molecule has 4 rings (SSSR count). The monoisotopic (exact) mass is 469 g/mol. The van der Waals surface area contributed by atoms with Gasteiger partial charge >= 0.3 is 5.97 Å². The lowest BCUT2D eigenvalue weighted by molar-refractivity contribution is -0.140. The van der Waals surface area contributed by atoms with E-state index >= 15 is 0 Å². The second-order valence-electron chi connectivity index (χ2n) is 9.57. The van der Waals surface area contributed by atoms with Crippen molar-refractivity contribution in [3.8, 4) is 11.3 Å². The van der Waals surface area contributed by atoms with Crippen molar-refractivity contribution in [3.05, 3.63) is 54.3 Å². The number of sulfonamides is 1. The number of rotatable bonds is 6. The van der Waals surface area contributed by atoms with Crippen molar-refractivity contribution < 1.29 is 27.2 Å². The van der Waals surface area contributed by atoms with Crippen molar-refractivity contribution in [1.29, 1.82) is 0 Å². The van der Waals surface area contributed by atoms with Gasteiger partial charge in [0.25, 0.3) is 0 Å². The van der Waals surface area contributed by atoms with Crippen LogP contribution in [0.4, 0.5) is 0 Å². The van der Waals surface area contributed by atoms with E-state index in [4.69, 9.17) is 8.83 Å². The van der Waals surface area contributed by atoms with E-state index in [1.54, 1.807) is 19.9 Å². The van der Waals surface area contributed by atoms with Crippen LogP contribution < -0.4 is 4.72 Å². The van der Waals surface area contributed by atoms with Gasteiger partial charge in [0.05, 0.1) is 4.90 Å². The highest BCUT2D eigenvalue weighted by atomic mass is 32.2. The van der Waals surface area contributed by atoms with Crippen molar-refractivity contribution in [2.45, 2.75) is 51.0 Å². The number of fused-ring (bicyclic) bond motifs is 3. The molecule has 8 heteroatoms. The van der Waals surface area contributed by atoms with E-state index in [0.717, 1.165) is 27.9 Å². The summed E-state index contributed by atoms with van der Waals surface area (Å²) < 4.78 is 39.8. The van der Waals surface area contributed by atoms with Gasteiger partial charge < -0.3 is 13.9 Å². The van der Waals surface area contributed by atoms with E-state index in [1.807, 2.05) is 30.3 Å². The summed E-state index contributed by atoms with van der Waals surface area (Å²) in [5.74, 6) is -0.00415. The molecule has 2 N–H and O–H groups in total. The highest BCUT2D eigenvalue weighted by molar-refractivity contribution is 7.89. The topological polar surface area (TPSA) is 110 Å². The minimum absolute atomic E-state index is 0.0537. The molecule has 0 saturated carbocycles. The van der Waals surface area contributed by atoms with Crippen LogP contribution in [0.15, 0.2) is 62.3 Å². The van der Waals surface area contributed by atoms with Crippen molar-refractivity contribution in [2.75, 3.05) is 0 Å². The molecular weight excluding hydrogens is 442 g/mol. The minimum Gasteiger partial charge on any atom is -0.480 e. The van der Waals surface area contributed by atoms with E-state index < -0.39 is 28.0 Å². The molecule has 2 heterocycles. The summed E-state index contributed by atoms with van der Waals surface area (Å²) in [6.07, 6.45) is 0. The summed E-state index contributed by atoms with van der Waals surface area (Å²) in [6, 6.07) is 12.9. The quantitative estimate of drug-likeness (QED) is 0.384. The van der Waals surface area contributed by atoms with E-state index in [1.165, 1.54) is 12.1 Å². The second-order valence-corrected chi connectivity index (χ2v) is 11.3. The van der Waals surface area contributed by atoms with Gasteiger partial charge in [-0.05, 0) is 48.4 Å². The summed E-state index contributed by atoms with van der Waals surface area (Å²) in [4.78, 5) is 11.4. The van der Waals surface area contributed by atoms with E-state index in [-0.39, 0.29) is 10.3 Å². The molecule has 4 aromatic rings. The third-order valence-electron chi connectivity index (χ3n) is 5.60. The lowest BCUT2D eigenvalue weighted by Gasteiger charge is -2.17. The zero-order chi connectivity index (χ0) is 24.1. The molecule has 0 aliphatic heterocycles. The predicted molar refractivity (Wildman–Crippen MR) is 127 cm³/mol. The molecule has 0 saturated heterocycles. The van der Waals surface area contributed by atoms with Crippen molar-refractivity contribution >= 4 is 37.9 Å². The first kappa shape index (κ1) is 23.1. The summed E-state index contributed by atoms with van der Waals surface area (Å²) in [6.45, 7) is 9.55. The minimum atomic E-state index is -4.05. The molecule has 0 aliphatic rings. The molecule has 33 heavy (non-hydrogen) atoms. The average Bonchev–Trinajstić information content (AvgIpc) is 3.35. The molecule has 0 aliphatic carbocycles.